The number of likely N-dealkylation sites (N-methyl/N-ethyl adjacent to an activating group) is 1. The Morgan fingerprint density at radius 1 is 1.43 bits per heavy atom. The molecule has 7 nitrogen and oxygen atoms in total. The maximum absolute atomic E-state index is 5.89. The highest BCUT2D eigenvalue weighted by molar-refractivity contribution is 5.65. The SMILES string of the molecule is COc1ccc(-c2nc(C3CN(C)CCO3)no2)cc1N. The summed E-state index contributed by atoms with van der Waals surface area (Å²) in [4.78, 5) is 6.59. The number of nitrogen functional groups attached to an aromatic ring is 1. The molecule has 0 radical (unpaired) electrons. The number of nitrogens with two attached hydrogens (primary N) is 1. The maximum Gasteiger partial charge on any atom is 0.258 e. The molecule has 0 saturated carbocycles. The molecule has 0 aliphatic carbocycles. The molecule has 7 heteroatoms. The topological polar surface area (TPSA) is 86.6 Å². The molecule has 0 amide bonds. The summed E-state index contributed by atoms with van der Waals surface area (Å²) < 4.78 is 16.1. The molecule has 2 heterocycles. The summed E-state index contributed by atoms with van der Waals surface area (Å²) >= 11 is 0. The molecule has 112 valence electrons. The van der Waals surface area contributed by atoms with Crippen LogP contribution in [0.1, 0.15) is 11.9 Å². The second kappa shape index (κ2) is 5.71. The van der Waals surface area contributed by atoms with E-state index >= 15 is 0 Å². The predicted molar refractivity (Wildman–Crippen MR) is 76.9 cm³/mol. The van der Waals surface area contributed by atoms with Crippen LogP contribution in [0.3, 0.4) is 0 Å². The van der Waals surface area contributed by atoms with E-state index in [0.717, 1.165) is 18.7 Å². The number of morpholine rings is 1. The van der Waals surface area contributed by atoms with Crippen molar-refractivity contribution in [3.05, 3.63) is 24.0 Å². The van der Waals surface area contributed by atoms with Crippen molar-refractivity contribution in [2.24, 2.45) is 0 Å². The average molecular weight is 290 g/mol. The quantitative estimate of drug-likeness (QED) is 0.853. The van der Waals surface area contributed by atoms with Gasteiger partial charge in [0.2, 0.25) is 5.82 Å². The van der Waals surface area contributed by atoms with E-state index in [0.29, 0.717) is 29.8 Å². The first kappa shape index (κ1) is 13.8. The summed E-state index contributed by atoms with van der Waals surface area (Å²) in [6, 6.07) is 5.36. The van der Waals surface area contributed by atoms with Crippen LogP contribution in [0.2, 0.25) is 0 Å². The van der Waals surface area contributed by atoms with E-state index in [9.17, 15) is 0 Å². The number of ether oxygens (including phenoxy) is 2. The highest BCUT2D eigenvalue weighted by Crippen LogP contribution is 2.28. The minimum absolute atomic E-state index is 0.156. The normalized spacial score (nSPS) is 19.6. The van der Waals surface area contributed by atoms with Crippen molar-refractivity contribution in [2.45, 2.75) is 6.10 Å². The van der Waals surface area contributed by atoms with Gasteiger partial charge in [-0.05, 0) is 25.2 Å². The van der Waals surface area contributed by atoms with Crippen LogP contribution in [0.25, 0.3) is 11.5 Å². The Labute approximate surface area is 122 Å². The van der Waals surface area contributed by atoms with Crippen molar-refractivity contribution >= 4 is 5.69 Å². The summed E-state index contributed by atoms with van der Waals surface area (Å²) in [5.74, 6) is 1.61. The van der Waals surface area contributed by atoms with E-state index in [2.05, 4.69) is 15.0 Å². The van der Waals surface area contributed by atoms with Gasteiger partial charge in [-0.1, -0.05) is 5.16 Å². The van der Waals surface area contributed by atoms with Gasteiger partial charge in [-0.15, -0.1) is 0 Å². The number of methoxy groups -OCH3 is 1. The monoisotopic (exact) mass is 290 g/mol. The number of anilines is 1. The minimum Gasteiger partial charge on any atom is -0.495 e. The van der Waals surface area contributed by atoms with Crippen molar-refractivity contribution < 1.29 is 14.0 Å². The lowest BCUT2D eigenvalue weighted by atomic mass is 10.2. The van der Waals surface area contributed by atoms with Crippen LogP contribution in [-0.4, -0.2) is 48.9 Å². The third-order valence-corrected chi connectivity index (χ3v) is 3.48. The van der Waals surface area contributed by atoms with Crippen LogP contribution in [0.5, 0.6) is 5.75 Å². The Morgan fingerprint density at radius 3 is 3.00 bits per heavy atom. The summed E-state index contributed by atoms with van der Waals surface area (Å²) in [5.41, 5.74) is 7.18. The number of hydrogen-bond donors (Lipinski definition) is 1. The summed E-state index contributed by atoms with van der Waals surface area (Å²) in [6.07, 6.45) is -0.156. The molecular weight excluding hydrogens is 272 g/mol. The molecule has 2 aromatic rings. The van der Waals surface area contributed by atoms with Gasteiger partial charge in [0, 0.05) is 18.7 Å². The molecule has 0 bridgehead atoms. The minimum atomic E-state index is -0.156. The molecule has 3 rings (SSSR count). The third kappa shape index (κ3) is 2.84. The lowest BCUT2D eigenvalue weighted by molar-refractivity contribution is -0.0264. The largest absolute Gasteiger partial charge is 0.495 e. The first-order valence-corrected chi connectivity index (χ1v) is 6.75. The fourth-order valence-electron chi connectivity index (χ4n) is 2.28. The van der Waals surface area contributed by atoms with Gasteiger partial charge in [0.25, 0.3) is 5.89 Å². The Morgan fingerprint density at radius 2 is 2.29 bits per heavy atom. The van der Waals surface area contributed by atoms with E-state index in [1.165, 1.54) is 0 Å². The van der Waals surface area contributed by atoms with Gasteiger partial charge in [-0.3, -0.25) is 0 Å². The van der Waals surface area contributed by atoms with Crippen LogP contribution >= 0.6 is 0 Å². The average Bonchev–Trinajstić information content (AvgIpc) is 2.97. The molecule has 1 saturated heterocycles. The van der Waals surface area contributed by atoms with E-state index in [1.54, 1.807) is 19.2 Å². The number of nitrogens with zero attached hydrogens (tertiary/aromatic N) is 3. The van der Waals surface area contributed by atoms with Gasteiger partial charge in [0.1, 0.15) is 11.9 Å². The highest BCUT2D eigenvalue weighted by atomic mass is 16.5. The molecular formula is C14H18N4O3. The predicted octanol–water partition coefficient (Wildman–Crippen LogP) is 1.33. The van der Waals surface area contributed by atoms with Crippen LogP contribution < -0.4 is 10.5 Å². The first-order chi connectivity index (χ1) is 10.2. The zero-order chi connectivity index (χ0) is 14.8. The zero-order valence-electron chi connectivity index (χ0n) is 12.1. The Balaban J connectivity index is 1.82. The molecule has 1 aliphatic heterocycles. The summed E-state index contributed by atoms with van der Waals surface area (Å²) in [5, 5.41) is 4.01. The molecule has 1 aromatic heterocycles. The maximum atomic E-state index is 5.89. The molecule has 1 aromatic carbocycles. The third-order valence-electron chi connectivity index (χ3n) is 3.48. The van der Waals surface area contributed by atoms with Crippen molar-refractivity contribution in [2.75, 3.05) is 39.6 Å². The number of rotatable bonds is 3. The van der Waals surface area contributed by atoms with Gasteiger partial charge in [0.05, 0.1) is 19.4 Å². The second-order valence-electron chi connectivity index (χ2n) is 5.04. The summed E-state index contributed by atoms with van der Waals surface area (Å²) in [6.45, 7) is 2.33. The standard InChI is InChI=1S/C14H18N4O3/c1-18-5-6-20-12(8-18)13-16-14(21-17-13)9-3-4-11(19-2)10(15)7-9/h3-4,7,12H,5-6,8,15H2,1-2H3. The van der Waals surface area contributed by atoms with Crippen LogP contribution in [0, 0.1) is 0 Å². The summed E-state index contributed by atoms with van der Waals surface area (Å²) in [7, 11) is 3.62. The lowest BCUT2D eigenvalue weighted by Gasteiger charge is -2.27. The Kier molecular flexibility index (Phi) is 3.76. The van der Waals surface area contributed by atoms with Gasteiger partial charge >= 0.3 is 0 Å². The molecule has 1 fully saturated rings. The van der Waals surface area contributed by atoms with Crippen molar-refractivity contribution in [3.63, 3.8) is 0 Å². The van der Waals surface area contributed by atoms with E-state index < -0.39 is 0 Å². The fraction of sp³-hybridized carbons (Fsp3) is 0.429. The molecule has 2 N–H and O–H groups in total. The van der Waals surface area contributed by atoms with E-state index in [-0.39, 0.29) is 6.10 Å². The molecule has 21 heavy (non-hydrogen) atoms. The van der Waals surface area contributed by atoms with Crippen molar-refractivity contribution in [1.29, 1.82) is 0 Å². The van der Waals surface area contributed by atoms with E-state index in [1.807, 2.05) is 13.1 Å². The van der Waals surface area contributed by atoms with Crippen molar-refractivity contribution in [3.8, 4) is 17.2 Å². The number of aromatic nitrogens is 2. The fourth-order valence-corrected chi connectivity index (χ4v) is 2.28. The molecule has 1 aliphatic rings. The first-order valence-electron chi connectivity index (χ1n) is 6.75. The van der Waals surface area contributed by atoms with Gasteiger partial charge < -0.3 is 24.6 Å². The van der Waals surface area contributed by atoms with Gasteiger partial charge in [-0.2, -0.15) is 4.98 Å². The smallest absolute Gasteiger partial charge is 0.258 e. The van der Waals surface area contributed by atoms with E-state index in [4.69, 9.17) is 19.7 Å². The second-order valence-corrected chi connectivity index (χ2v) is 5.04. The molecule has 0 spiro atoms. The zero-order valence-corrected chi connectivity index (χ0v) is 12.1. The van der Waals surface area contributed by atoms with Crippen molar-refractivity contribution in [1.82, 2.24) is 15.0 Å². The lowest BCUT2D eigenvalue weighted by Crippen LogP contribution is -2.35. The number of hydrogen-bond acceptors (Lipinski definition) is 7. The van der Waals surface area contributed by atoms with Gasteiger partial charge in [-0.25, -0.2) is 0 Å². The van der Waals surface area contributed by atoms with Crippen LogP contribution in [0.4, 0.5) is 5.69 Å². The highest BCUT2D eigenvalue weighted by Gasteiger charge is 2.24. The molecule has 1 unspecified atom stereocenters. The Bertz CT molecular complexity index is 628. The van der Waals surface area contributed by atoms with Gasteiger partial charge in [0.15, 0.2) is 0 Å². The molecule has 1 atom stereocenters. The van der Waals surface area contributed by atoms with Crippen LogP contribution in [0.15, 0.2) is 22.7 Å². The van der Waals surface area contributed by atoms with Crippen LogP contribution in [-0.2, 0) is 4.74 Å². The number of benzene rings is 1. The Hall–Kier alpha value is -2.12.